The van der Waals surface area contributed by atoms with Crippen LogP contribution in [0, 0.1) is 0 Å². The van der Waals surface area contributed by atoms with E-state index >= 15 is 0 Å². The third kappa shape index (κ3) is 4.63. The average molecular weight is 306 g/mol. The van der Waals surface area contributed by atoms with Crippen LogP contribution in [0.25, 0.3) is 0 Å². The molecule has 1 aromatic rings. The van der Waals surface area contributed by atoms with Gasteiger partial charge in [-0.1, -0.05) is 18.2 Å². The molecule has 122 valence electrons. The van der Waals surface area contributed by atoms with E-state index in [1.165, 1.54) is 0 Å². The summed E-state index contributed by atoms with van der Waals surface area (Å²) in [6.07, 6.45) is 0.848. The van der Waals surface area contributed by atoms with Crippen molar-refractivity contribution in [2.24, 2.45) is 0 Å². The summed E-state index contributed by atoms with van der Waals surface area (Å²) in [6, 6.07) is 8.20. The summed E-state index contributed by atoms with van der Waals surface area (Å²) in [5.41, 5.74) is 1.38. The summed E-state index contributed by atoms with van der Waals surface area (Å²) >= 11 is 0. The highest BCUT2D eigenvalue weighted by Crippen LogP contribution is 2.28. The smallest absolute Gasteiger partial charge is 0.407 e. The monoisotopic (exact) mass is 306 g/mol. The molecule has 0 bridgehead atoms. The highest BCUT2D eigenvalue weighted by molar-refractivity contribution is 5.68. The van der Waals surface area contributed by atoms with Crippen molar-refractivity contribution in [3.05, 3.63) is 29.8 Å². The van der Waals surface area contributed by atoms with Crippen LogP contribution in [0.4, 0.5) is 10.5 Å². The van der Waals surface area contributed by atoms with Crippen molar-refractivity contribution in [3.8, 4) is 0 Å². The van der Waals surface area contributed by atoms with Gasteiger partial charge in [0.15, 0.2) is 0 Å². The lowest BCUT2D eigenvalue weighted by molar-refractivity contribution is 0.0475. The predicted octanol–water partition coefficient (Wildman–Crippen LogP) is 3.21. The van der Waals surface area contributed by atoms with Crippen molar-refractivity contribution in [3.63, 3.8) is 0 Å². The Morgan fingerprint density at radius 2 is 1.91 bits per heavy atom. The van der Waals surface area contributed by atoms with Gasteiger partial charge in [0.25, 0.3) is 0 Å². The summed E-state index contributed by atoms with van der Waals surface area (Å²) in [5, 5.41) is 16.1. The fourth-order valence-electron chi connectivity index (χ4n) is 2.54. The van der Waals surface area contributed by atoms with E-state index < -0.39 is 11.7 Å². The van der Waals surface area contributed by atoms with Crippen molar-refractivity contribution in [1.82, 2.24) is 5.32 Å². The van der Waals surface area contributed by atoms with E-state index in [1.54, 1.807) is 6.92 Å². The number of ether oxygens (including phenoxy) is 1. The van der Waals surface area contributed by atoms with Crippen LogP contribution in [0.5, 0.6) is 0 Å². The fourth-order valence-corrected chi connectivity index (χ4v) is 2.54. The number of carbonyl (C=O) groups excluding carboxylic acids is 1. The number of hydrogen-bond donors (Lipinski definition) is 3. The maximum Gasteiger partial charge on any atom is 0.407 e. The van der Waals surface area contributed by atoms with Crippen LogP contribution >= 0.6 is 0 Å². The summed E-state index contributed by atoms with van der Waals surface area (Å²) in [7, 11) is 0. The van der Waals surface area contributed by atoms with Gasteiger partial charge in [-0.2, -0.15) is 0 Å². The Morgan fingerprint density at radius 3 is 2.50 bits per heavy atom. The molecule has 5 heteroatoms. The number of para-hydroxylation sites is 1. The van der Waals surface area contributed by atoms with Gasteiger partial charge in [-0.05, 0) is 46.6 Å². The number of carbonyl (C=O) groups is 1. The van der Waals surface area contributed by atoms with Gasteiger partial charge in [0, 0.05) is 23.3 Å². The minimum absolute atomic E-state index is 0.145. The standard InChI is InChI=1S/C17H26N2O3/c1-11(20)14-7-5-6-8-15(14)18-12-9-13(10-12)19-16(21)22-17(2,3)4/h5-8,11-13,18,20H,9-10H2,1-4H3,(H,19,21). The molecule has 0 aromatic heterocycles. The molecule has 0 heterocycles. The maximum atomic E-state index is 11.7. The van der Waals surface area contributed by atoms with Crippen molar-refractivity contribution in [2.75, 3.05) is 5.32 Å². The summed E-state index contributed by atoms with van der Waals surface area (Å²) in [4.78, 5) is 11.7. The van der Waals surface area contributed by atoms with Gasteiger partial charge in [0.1, 0.15) is 5.60 Å². The van der Waals surface area contributed by atoms with Crippen molar-refractivity contribution >= 4 is 11.8 Å². The van der Waals surface area contributed by atoms with E-state index in [0.29, 0.717) is 6.04 Å². The van der Waals surface area contributed by atoms with E-state index in [0.717, 1.165) is 24.1 Å². The first-order chi connectivity index (χ1) is 10.2. The lowest BCUT2D eigenvalue weighted by Crippen LogP contribution is -2.50. The van der Waals surface area contributed by atoms with Crippen LogP contribution < -0.4 is 10.6 Å². The normalized spacial score (nSPS) is 22.4. The second kappa shape index (κ2) is 6.57. The molecule has 0 saturated heterocycles. The quantitative estimate of drug-likeness (QED) is 0.799. The number of aliphatic hydroxyl groups excluding tert-OH is 1. The molecule has 3 N–H and O–H groups in total. The van der Waals surface area contributed by atoms with Gasteiger partial charge in [-0.3, -0.25) is 0 Å². The van der Waals surface area contributed by atoms with E-state index in [2.05, 4.69) is 10.6 Å². The number of anilines is 1. The van der Waals surface area contributed by atoms with E-state index in [-0.39, 0.29) is 12.1 Å². The SMILES string of the molecule is CC(O)c1ccccc1NC1CC(NC(=O)OC(C)(C)C)C1. The molecule has 0 spiro atoms. The molecule has 22 heavy (non-hydrogen) atoms. The van der Waals surface area contributed by atoms with Crippen molar-refractivity contribution in [2.45, 2.75) is 64.3 Å². The lowest BCUT2D eigenvalue weighted by Gasteiger charge is -2.37. The van der Waals surface area contributed by atoms with Crippen LogP contribution in [0.3, 0.4) is 0 Å². The highest BCUT2D eigenvalue weighted by atomic mass is 16.6. The molecule has 0 aliphatic heterocycles. The molecule has 1 unspecified atom stereocenters. The molecule has 1 amide bonds. The number of rotatable bonds is 4. The van der Waals surface area contributed by atoms with E-state index in [9.17, 15) is 9.90 Å². The van der Waals surface area contributed by atoms with Gasteiger partial charge in [0.2, 0.25) is 0 Å². The average Bonchev–Trinajstić information content (AvgIpc) is 2.34. The Hall–Kier alpha value is -1.75. The molecular weight excluding hydrogens is 280 g/mol. The second-order valence-electron chi connectivity index (χ2n) is 6.92. The van der Waals surface area contributed by atoms with Crippen LogP contribution in [0.1, 0.15) is 52.2 Å². The third-order valence-electron chi connectivity index (χ3n) is 3.63. The molecule has 1 aliphatic rings. The first-order valence-electron chi connectivity index (χ1n) is 7.77. The Kier molecular flexibility index (Phi) is 4.96. The fraction of sp³-hybridized carbons (Fsp3) is 0.588. The molecule has 1 atom stereocenters. The van der Waals surface area contributed by atoms with Crippen LogP contribution in [0.15, 0.2) is 24.3 Å². The first kappa shape index (κ1) is 16.6. The Labute approximate surface area is 132 Å². The summed E-state index contributed by atoms with van der Waals surface area (Å²) in [5.74, 6) is 0. The molecule has 1 fully saturated rings. The number of alkyl carbamates (subject to hydrolysis) is 1. The second-order valence-corrected chi connectivity index (χ2v) is 6.92. The highest BCUT2D eigenvalue weighted by Gasteiger charge is 2.32. The molecule has 1 aromatic carbocycles. The van der Waals surface area contributed by atoms with E-state index in [4.69, 9.17) is 4.74 Å². The molecule has 1 saturated carbocycles. The zero-order valence-electron chi connectivity index (χ0n) is 13.7. The lowest BCUT2D eigenvalue weighted by atomic mass is 9.86. The van der Waals surface area contributed by atoms with Crippen LogP contribution in [-0.2, 0) is 4.74 Å². The van der Waals surface area contributed by atoms with Crippen LogP contribution in [-0.4, -0.2) is 28.9 Å². The van der Waals surface area contributed by atoms with Gasteiger partial charge in [-0.15, -0.1) is 0 Å². The van der Waals surface area contributed by atoms with Gasteiger partial charge in [0.05, 0.1) is 6.10 Å². The molecule has 0 radical (unpaired) electrons. The van der Waals surface area contributed by atoms with Crippen molar-refractivity contribution < 1.29 is 14.6 Å². The zero-order valence-corrected chi connectivity index (χ0v) is 13.7. The van der Waals surface area contributed by atoms with Gasteiger partial charge < -0.3 is 20.5 Å². The molecule has 2 rings (SSSR count). The minimum atomic E-state index is -0.500. The number of nitrogens with one attached hydrogen (secondary N) is 2. The van der Waals surface area contributed by atoms with Gasteiger partial charge >= 0.3 is 6.09 Å². The third-order valence-corrected chi connectivity index (χ3v) is 3.63. The number of amides is 1. The summed E-state index contributed by atoms with van der Waals surface area (Å²) < 4.78 is 5.24. The number of hydrogen-bond acceptors (Lipinski definition) is 4. The minimum Gasteiger partial charge on any atom is -0.444 e. The molecule has 1 aliphatic carbocycles. The predicted molar refractivity (Wildman–Crippen MR) is 86.9 cm³/mol. The van der Waals surface area contributed by atoms with Crippen molar-refractivity contribution in [1.29, 1.82) is 0 Å². The zero-order chi connectivity index (χ0) is 16.3. The largest absolute Gasteiger partial charge is 0.444 e. The van der Waals surface area contributed by atoms with Gasteiger partial charge in [-0.25, -0.2) is 4.79 Å². The number of aliphatic hydroxyl groups is 1. The van der Waals surface area contributed by atoms with E-state index in [1.807, 2.05) is 45.0 Å². The number of benzene rings is 1. The topological polar surface area (TPSA) is 70.6 Å². The summed E-state index contributed by atoms with van der Waals surface area (Å²) in [6.45, 7) is 7.31. The molecule has 5 nitrogen and oxygen atoms in total. The van der Waals surface area contributed by atoms with Crippen LogP contribution in [0.2, 0.25) is 0 Å². The molecular formula is C17H26N2O3. The first-order valence-corrected chi connectivity index (χ1v) is 7.77. The Morgan fingerprint density at radius 1 is 1.27 bits per heavy atom. The Balaban J connectivity index is 1.79. The Bertz CT molecular complexity index is 517. The maximum absolute atomic E-state index is 11.7.